The minimum absolute atomic E-state index is 0.0761. The third-order valence-corrected chi connectivity index (χ3v) is 3.32. The van der Waals surface area contributed by atoms with Gasteiger partial charge in [-0.3, -0.25) is 20.2 Å². The van der Waals surface area contributed by atoms with Gasteiger partial charge in [0.15, 0.2) is 5.69 Å². The second kappa shape index (κ2) is 6.63. The summed E-state index contributed by atoms with van der Waals surface area (Å²) in [5, 5.41) is 24.8. The highest BCUT2D eigenvalue weighted by molar-refractivity contribution is 5.85. The van der Waals surface area contributed by atoms with Crippen LogP contribution in [0.15, 0.2) is 36.4 Å². The van der Waals surface area contributed by atoms with E-state index in [0.717, 1.165) is 0 Å². The van der Waals surface area contributed by atoms with E-state index >= 15 is 0 Å². The van der Waals surface area contributed by atoms with E-state index in [2.05, 4.69) is 5.32 Å². The van der Waals surface area contributed by atoms with Crippen molar-refractivity contribution in [2.24, 2.45) is 0 Å². The Kier molecular flexibility index (Phi) is 4.77. The topological polar surface area (TPSA) is 124 Å². The maximum Gasteiger partial charge on any atom is 0.418 e. The molecule has 0 bridgehead atoms. The van der Waals surface area contributed by atoms with Crippen molar-refractivity contribution in [3.63, 3.8) is 0 Å². The van der Waals surface area contributed by atoms with Crippen LogP contribution in [-0.4, -0.2) is 9.85 Å². The Labute approximate surface area is 138 Å². The lowest BCUT2D eigenvalue weighted by Crippen LogP contribution is -2.14. The summed E-state index contributed by atoms with van der Waals surface area (Å²) in [5.74, 6) is 0. The molecule has 0 spiro atoms. The number of anilines is 2. The lowest BCUT2D eigenvalue weighted by Gasteiger charge is -2.14. The molecule has 0 aromatic heterocycles. The van der Waals surface area contributed by atoms with Crippen LogP contribution in [0, 0.1) is 20.2 Å². The molecule has 0 aliphatic rings. The van der Waals surface area contributed by atoms with Crippen LogP contribution in [-0.2, 0) is 12.7 Å². The van der Waals surface area contributed by atoms with Crippen LogP contribution < -0.4 is 11.1 Å². The fraction of sp³-hybridized carbons (Fsp3) is 0.143. The third kappa shape index (κ3) is 3.76. The number of nitro benzene ring substituents is 2. The Hall–Kier alpha value is -3.37. The smallest absolute Gasteiger partial charge is 0.393 e. The van der Waals surface area contributed by atoms with E-state index in [0.29, 0.717) is 5.56 Å². The summed E-state index contributed by atoms with van der Waals surface area (Å²) in [6.45, 7) is -0.0761. The molecule has 132 valence electrons. The van der Waals surface area contributed by atoms with E-state index in [1.165, 1.54) is 0 Å². The molecule has 0 saturated carbocycles. The lowest BCUT2D eigenvalue weighted by molar-refractivity contribution is -0.392. The van der Waals surface area contributed by atoms with Gasteiger partial charge in [-0.25, -0.2) is 0 Å². The Bertz CT molecular complexity index is 825. The second-order valence-corrected chi connectivity index (χ2v) is 4.93. The van der Waals surface area contributed by atoms with Crippen LogP contribution in [0.2, 0.25) is 0 Å². The van der Waals surface area contributed by atoms with Gasteiger partial charge < -0.3 is 11.1 Å². The zero-order valence-corrected chi connectivity index (χ0v) is 12.4. The predicted octanol–water partition coefficient (Wildman–Crippen LogP) is 3.72. The SMILES string of the molecule is Nc1c(C(F)(F)F)cc([N+](=O)[O-])c(NCc2ccccc2)c1[N+](=O)[O-]. The van der Waals surface area contributed by atoms with E-state index in [9.17, 15) is 33.4 Å². The average molecular weight is 356 g/mol. The molecule has 25 heavy (non-hydrogen) atoms. The predicted molar refractivity (Wildman–Crippen MR) is 82.9 cm³/mol. The summed E-state index contributed by atoms with van der Waals surface area (Å²) in [4.78, 5) is 20.0. The number of rotatable bonds is 5. The Balaban J connectivity index is 2.62. The number of alkyl halides is 3. The van der Waals surface area contributed by atoms with Gasteiger partial charge in [0.2, 0.25) is 0 Å². The van der Waals surface area contributed by atoms with Gasteiger partial charge >= 0.3 is 11.9 Å². The number of nitrogen functional groups attached to an aromatic ring is 1. The van der Waals surface area contributed by atoms with Crippen LogP contribution in [0.3, 0.4) is 0 Å². The molecule has 0 heterocycles. The van der Waals surface area contributed by atoms with E-state index in [1.807, 2.05) is 0 Å². The molecule has 3 N–H and O–H groups in total. The van der Waals surface area contributed by atoms with Crippen molar-refractivity contribution >= 4 is 22.7 Å². The van der Waals surface area contributed by atoms with Crippen LogP contribution >= 0.6 is 0 Å². The second-order valence-electron chi connectivity index (χ2n) is 4.93. The molecule has 11 heteroatoms. The summed E-state index contributed by atoms with van der Waals surface area (Å²) in [7, 11) is 0. The molecule has 0 amide bonds. The van der Waals surface area contributed by atoms with Crippen LogP contribution in [0.25, 0.3) is 0 Å². The maximum absolute atomic E-state index is 13.0. The van der Waals surface area contributed by atoms with Gasteiger partial charge in [-0.2, -0.15) is 13.2 Å². The van der Waals surface area contributed by atoms with Crippen LogP contribution in [0.4, 0.5) is 35.9 Å². The molecular weight excluding hydrogens is 345 g/mol. The first-order valence-electron chi connectivity index (χ1n) is 6.73. The molecule has 0 aliphatic carbocycles. The summed E-state index contributed by atoms with van der Waals surface area (Å²) < 4.78 is 38.9. The van der Waals surface area contributed by atoms with Crippen LogP contribution in [0.1, 0.15) is 11.1 Å². The molecule has 2 aromatic rings. The fourth-order valence-corrected chi connectivity index (χ4v) is 2.20. The van der Waals surface area contributed by atoms with Gasteiger partial charge in [0, 0.05) is 12.6 Å². The largest absolute Gasteiger partial charge is 0.418 e. The van der Waals surface area contributed by atoms with Gasteiger partial charge in [-0.15, -0.1) is 0 Å². The van der Waals surface area contributed by atoms with Crippen molar-refractivity contribution in [2.45, 2.75) is 12.7 Å². The quantitative estimate of drug-likeness (QED) is 0.478. The first-order chi connectivity index (χ1) is 11.6. The zero-order valence-electron chi connectivity index (χ0n) is 12.4. The first-order valence-corrected chi connectivity index (χ1v) is 6.73. The van der Waals surface area contributed by atoms with Gasteiger partial charge in [-0.1, -0.05) is 30.3 Å². The van der Waals surface area contributed by atoms with Crippen molar-refractivity contribution in [1.29, 1.82) is 0 Å². The molecule has 0 fully saturated rings. The van der Waals surface area contributed by atoms with Gasteiger partial charge in [0.05, 0.1) is 15.4 Å². The number of nitrogens with one attached hydrogen (secondary N) is 1. The number of halogens is 3. The third-order valence-electron chi connectivity index (χ3n) is 3.32. The van der Waals surface area contributed by atoms with E-state index in [-0.39, 0.29) is 12.6 Å². The Morgan fingerprint density at radius 1 is 1.08 bits per heavy atom. The van der Waals surface area contributed by atoms with E-state index < -0.39 is 44.3 Å². The first kappa shape index (κ1) is 18.0. The minimum Gasteiger partial charge on any atom is -0.393 e. The highest BCUT2D eigenvalue weighted by atomic mass is 19.4. The van der Waals surface area contributed by atoms with Gasteiger partial charge in [0.25, 0.3) is 5.69 Å². The van der Waals surface area contributed by atoms with Crippen molar-refractivity contribution in [1.82, 2.24) is 0 Å². The average Bonchev–Trinajstić information content (AvgIpc) is 2.51. The van der Waals surface area contributed by atoms with Crippen molar-refractivity contribution in [3.8, 4) is 0 Å². The summed E-state index contributed by atoms with van der Waals surface area (Å²) in [6, 6.07) is 8.51. The van der Waals surface area contributed by atoms with Gasteiger partial charge in [0.1, 0.15) is 5.69 Å². The maximum atomic E-state index is 13.0. The number of hydrogen-bond donors (Lipinski definition) is 2. The minimum atomic E-state index is -5.07. The molecule has 2 rings (SSSR count). The normalized spacial score (nSPS) is 11.2. The van der Waals surface area contributed by atoms with Gasteiger partial charge in [-0.05, 0) is 5.56 Å². The lowest BCUT2D eigenvalue weighted by atomic mass is 10.1. The molecule has 2 aromatic carbocycles. The Morgan fingerprint density at radius 3 is 2.16 bits per heavy atom. The molecule has 8 nitrogen and oxygen atoms in total. The molecule has 0 unspecified atom stereocenters. The van der Waals surface area contributed by atoms with E-state index in [4.69, 9.17) is 5.73 Å². The van der Waals surface area contributed by atoms with Crippen LogP contribution in [0.5, 0.6) is 0 Å². The summed E-state index contributed by atoms with van der Waals surface area (Å²) >= 11 is 0. The fourth-order valence-electron chi connectivity index (χ4n) is 2.20. The number of hydrogen-bond acceptors (Lipinski definition) is 6. The number of nitrogens with zero attached hydrogens (tertiary/aromatic N) is 2. The van der Waals surface area contributed by atoms with Crippen molar-refractivity contribution in [2.75, 3.05) is 11.1 Å². The summed E-state index contributed by atoms with van der Waals surface area (Å²) in [5.41, 5.74) is 0.151. The standard InChI is InChI=1S/C14H11F3N4O4/c15-14(16,17)9-6-10(20(22)23)12(13(11(9)18)21(24)25)19-7-8-4-2-1-3-5-8/h1-6,19H,7,18H2. The molecular formula is C14H11F3N4O4. The molecule has 0 saturated heterocycles. The molecule has 0 radical (unpaired) electrons. The molecule has 0 aliphatic heterocycles. The van der Waals surface area contributed by atoms with Crippen molar-refractivity contribution in [3.05, 3.63) is 67.8 Å². The number of benzene rings is 2. The summed E-state index contributed by atoms with van der Waals surface area (Å²) in [6.07, 6.45) is -5.07. The number of nitro groups is 2. The zero-order chi connectivity index (χ0) is 18.8. The molecule has 0 atom stereocenters. The van der Waals surface area contributed by atoms with E-state index in [1.54, 1.807) is 30.3 Å². The highest BCUT2D eigenvalue weighted by Crippen LogP contribution is 2.46. The highest BCUT2D eigenvalue weighted by Gasteiger charge is 2.41. The van der Waals surface area contributed by atoms with Crippen molar-refractivity contribution < 1.29 is 23.0 Å². The number of nitrogens with two attached hydrogens (primary N) is 1. The monoisotopic (exact) mass is 356 g/mol. The Morgan fingerprint density at radius 2 is 1.68 bits per heavy atom.